The van der Waals surface area contributed by atoms with Crippen LogP contribution in [-0.2, 0) is 0 Å². The smallest absolute Gasteiger partial charge is 0.271 e. The lowest BCUT2D eigenvalue weighted by molar-refractivity contribution is 0.0903. The van der Waals surface area contributed by atoms with E-state index in [1.165, 1.54) is 18.3 Å². The Balaban J connectivity index is 1.62. The lowest BCUT2D eigenvalue weighted by Gasteiger charge is -2.36. The summed E-state index contributed by atoms with van der Waals surface area (Å²) in [4.78, 5) is 20.1. The average molecular weight is 338 g/mol. The van der Waals surface area contributed by atoms with Crippen molar-refractivity contribution in [3.05, 3.63) is 58.1 Å². The number of benzene rings is 1. The molecule has 1 saturated carbocycles. The number of nitrogens with zero attached hydrogens (tertiary/aromatic N) is 2. The number of halogens is 3. The quantitative estimate of drug-likeness (QED) is 0.934. The van der Waals surface area contributed by atoms with Gasteiger partial charge >= 0.3 is 0 Å². The molecule has 0 saturated heterocycles. The summed E-state index contributed by atoms with van der Waals surface area (Å²) in [6.45, 7) is 1.67. The van der Waals surface area contributed by atoms with Gasteiger partial charge in [-0.1, -0.05) is 17.7 Å². The lowest BCUT2D eigenvalue weighted by atomic mass is 9.75. The fraction of sp³-hybridized carbons (Fsp3) is 0.312. The van der Waals surface area contributed by atoms with E-state index in [4.69, 9.17) is 11.6 Å². The molecule has 1 aromatic carbocycles. The van der Waals surface area contributed by atoms with Crippen LogP contribution in [0.4, 0.5) is 8.78 Å². The molecule has 0 spiro atoms. The summed E-state index contributed by atoms with van der Waals surface area (Å²) in [7, 11) is 0. The first-order valence-electron chi connectivity index (χ1n) is 7.19. The van der Waals surface area contributed by atoms with Crippen LogP contribution in [0.3, 0.4) is 0 Å². The summed E-state index contributed by atoms with van der Waals surface area (Å²) in [5.41, 5.74) is 0.614. The van der Waals surface area contributed by atoms with Gasteiger partial charge in [0.15, 0.2) is 0 Å². The van der Waals surface area contributed by atoms with E-state index in [1.807, 2.05) is 0 Å². The highest BCUT2D eigenvalue weighted by molar-refractivity contribution is 6.33. The van der Waals surface area contributed by atoms with Crippen LogP contribution in [0.5, 0.6) is 0 Å². The van der Waals surface area contributed by atoms with Crippen LogP contribution in [-0.4, -0.2) is 21.9 Å². The minimum absolute atomic E-state index is 0.0245. The van der Waals surface area contributed by atoms with Crippen molar-refractivity contribution >= 4 is 17.5 Å². The van der Waals surface area contributed by atoms with E-state index < -0.39 is 11.6 Å². The Labute approximate surface area is 136 Å². The summed E-state index contributed by atoms with van der Waals surface area (Å²) in [5, 5.41) is 3.01. The van der Waals surface area contributed by atoms with Crippen LogP contribution in [0.1, 0.15) is 40.6 Å². The number of rotatable bonds is 3. The predicted octanol–water partition coefficient (Wildman–Crippen LogP) is 3.39. The van der Waals surface area contributed by atoms with Crippen LogP contribution >= 0.6 is 11.6 Å². The topological polar surface area (TPSA) is 54.9 Å². The van der Waals surface area contributed by atoms with Gasteiger partial charge in [-0.3, -0.25) is 4.79 Å². The van der Waals surface area contributed by atoms with Gasteiger partial charge in [-0.25, -0.2) is 18.7 Å². The molecule has 1 heterocycles. The van der Waals surface area contributed by atoms with Gasteiger partial charge in [0.25, 0.3) is 5.91 Å². The summed E-state index contributed by atoms with van der Waals surface area (Å²) in [5.74, 6) is -1.08. The van der Waals surface area contributed by atoms with Gasteiger partial charge in [0.05, 0.1) is 11.2 Å². The number of aromatic nitrogens is 2. The van der Waals surface area contributed by atoms with E-state index in [1.54, 1.807) is 6.92 Å². The molecule has 1 aliphatic rings. The summed E-state index contributed by atoms with van der Waals surface area (Å²) >= 11 is 5.92. The van der Waals surface area contributed by atoms with Crippen molar-refractivity contribution in [3.8, 4) is 0 Å². The zero-order valence-electron chi connectivity index (χ0n) is 12.3. The third kappa shape index (κ3) is 3.32. The van der Waals surface area contributed by atoms with Gasteiger partial charge in [-0.15, -0.1) is 0 Å². The maximum atomic E-state index is 13.7. The largest absolute Gasteiger partial charge is 0.348 e. The molecule has 1 N–H and O–H groups in total. The van der Waals surface area contributed by atoms with Crippen LogP contribution in [0.25, 0.3) is 0 Å². The second-order valence-electron chi connectivity index (χ2n) is 5.62. The monoisotopic (exact) mass is 337 g/mol. The minimum Gasteiger partial charge on any atom is -0.348 e. The van der Waals surface area contributed by atoms with Crippen LogP contribution in [0, 0.1) is 18.6 Å². The summed E-state index contributed by atoms with van der Waals surface area (Å²) in [6.07, 6.45) is 2.57. The lowest BCUT2D eigenvalue weighted by Crippen LogP contribution is -2.44. The Bertz CT molecular complexity index is 763. The van der Waals surface area contributed by atoms with Crippen molar-refractivity contribution in [1.29, 1.82) is 0 Å². The predicted molar refractivity (Wildman–Crippen MR) is 81.4 cm³/mol. The van der Waals surface area contributed by atoms with Gasteiger partial charge in [-0.2, -0.15) is 0 Å². The number of carbonyl (C=O) groups excluding carboxylic acids is 1. The zero-order valence-corrected chi connectivity index (χ0v) is 13.1. The van der Waals surface area contributed by atoms with Gasteiger partial charge in [0.2, 0.25) is 0 Å². The van der Waals surface area contributed by atoms with Crippen molar-refractivity contribution < 1.29 is 13.6 Å². The maximum Gasteiger partial charge on any atom is 0.271 e. The normalized spacial score (nSPS) is 20.0. The van der Waals surface area contributed by atoms with Gasteiger partial charge < -0.3 is 5.32 Å². The Morgan fingerprint density at radius 2 is 2.09 bits per heavy atom. The maximum absolute atomic E-state index is 13.7. The van der Waals surface area contributed by atoms with Crippen molar-refractivity contribution in [2.45, 2.75) is 31.7 Å². The second kappa shape index (κ2) is 6.20. The highest BCUT2D eigenvalue weighted by Crippen LogP contribution is 2.38. The van der Waals surface area contributed by atoms with Gasteiger partial charge in [0.1, 0.15) is 23.2 Å². The van der Waals surface area contributed by atoms with Crippen molar-refractivity contribution in [1.82, 2.24) is 15.3 Å². The second-order valence-corrected chi connectivity index (χ2v) is 6.03. The molecule has 0 bridgehead atoms. The average Bonchev–Trinajstić information content (AvgIpc) is 2.46. The summed E-state index contributed by atoms with van der Waals surface area (Å²) < 4.78 is 26.6. The molecule has 4 nitrogen and oxygen atoms in total. The number of carbonyl (C=O) groups is 1. The highest BCUT2D eigenvalue weighted by atomic mass is 35.5. The first-order chi connectivity index (χ1) is 10.9. The molecule has 0 radical (unpaired) electrons. The van der Waals surface area contributed by atoms with Gasteiger partial charge in [0, 0.05) is 12.1 Å². The van der Waals surface area contributed by atoms with Crippen molar-refractivity contribution in [3.63, 3.8) is 0 Å². The molecule has 1 aliphatic carbocycles. The molecule has 1 amide bonds. The number of hydrogen-bond donors (Lipinski definition) is 1. The fourth-order valence-corrected chi connectivity index (χ4v) is 2.87. The van der Waals surface area contributed by atoms with Crippen LogP contribution in [0.15, 0.2) is 24.4 Å². The Kier molecular flexibility index (Phi) is 4.26. The Hall–Kier alpha value is -2.08. The van der Waals surface area contributed by atoms with E-state index in [2.05, 4.69) is 15.3 Å². The highest BCUT2D eigenvalue weighted by Gasteiger charge is 2.33. The molecule has 0 atom stereocenters. The third-order valence-electron chi connectivity index (χ3n) is 3.96. The summed E-state index contributed by atoms with van der Waals surface area (Å²) in [6, 6.07) is 3.50. The van der Waals surface area contributed by atoms with Gasteiger partial charge in [-0.05, 0) is 37.3 Å². The van der Waals surface area contributed by atoms with E-state index in [0.29, 0.717) is 24.2 Å². The van der Waals surface area contributed by atoms with Crippen LogP contribution < -0.4 is 5.32 Å². The molecule has 1 aromatic heterocycles. The number of nitrogens with one attached hydrogen (secondary N) is 1. The first kappa shape index (κ1) is 15.8. The molecule has 23 heavy (non-hydrogen) atoms. The Morgan fingerprint density at radius 1 is 1.35 bits per heavy atom. The molecule has 2 aromatic rings. The number of aryl methyl sites for hydroxylation is 1. The molecule has 7 heteroatoms. The first-order valence-corrected chi connectivity index (χ1v) is 7.57. The fourth-order valence-electron chi connectivity index (χ4n) is 2.69. The van der Waals surface area contributed by atoms with E-state index >= 15 is 0 Å². The molecule has 3 rings (SSSR count). The van der Waals surface area contributed by atoms with E-state index in [0.717, 1.165) is 6.07 Å². The van der Waals surface area contributed by atoms with Crippen molar-refractivity contribution in [2.24, 2.45) is 0 Å². The molecular weight excluding hydrogens is 324 g/mol. The Morgan fingerprint density at radius 3 is 2.78 bits per heavy atom. The number of hydrogen-bond acceptors (Lipinski definition) is 3. The SMILES string of the molecule is Cc1ncc(Cl)c(C(=O)NC2CC(c3ccc(F)cc3F)C2)n1. The number of amides is 1. The molecule has 0 aliphatic heterocycles. The molecule has 0 unspecified atom stereocenters. The standard InChI is InChI=1S/C16H14ClF2N3O/c1-8-20-7-13(17)15(21-8)16(23)22-11-4-9(5-11)12-3-2-10(18)6-14(12)19/h2-3,6-7,9,11H,4-5H2,1H3,(H,22,23). The molecule has 120 valence electrons. The zero-order chi connectivity index (χ0) is 16.6. The molecular formula is C16H14ClF2N3O. The van der Waals surface area contributed by atoms with E-state index in [-0.39, 0.29) is 28.6 Å². The third-order valence-corrected chi connectivity index (χ3v) is 4.23. The van der Waals surface area contributed by atoms with Crippen molar-refractivity contribution in [2.75, 3.05) is 0 Å². The van der Waals surface area contributed by atoms with Crippen LogP contribution in [0.2, 0.25) is 5.02 Å². The minimum atomic E-state index is -0.593. The van der Waals surface area contributed by atoms with E-state index in [9.17, 15) is 13.6 Å². The molecule has 1 fully saturated rings.